The van der Waals surface area contributed by atoms with Crippen LogP contribution in [0.15, 0.2) is 84.9 Å². The van der Waals surface area contributed by atoms with Crippen molar-refractivity contribution in [3.05, 3.63) is 107 Å². The standard InChI is InChI=1S/C30H22/c1-30(2)28-16-20-9-4-3-8-19(20)15-26(28)24-14-13-23-22-12-11-18-7-5-6-10-21(18)25(22)17-27(23)29(24)30/h3-16H,17H2,1-2H3. The SMILES string of the molecule is CC1(C)c2cc3ccccc3cc2-c2ccc3c(c21)Cc1c-3ccc2ccccc12. The van der Waals surface area contributed by atoms with Gasteiger partial charge in [0.2, 0.25) is 0 Å². The molecule has 0 fully saturated rings. The molecule has 0 amide bonds. The lowest BCUT2D eigenvalue weighted by molar-refractivity contribution is 0.655. The van der Waals surface area contributed by atoms with Crippen LogP contribution in [-0.4, -0.2) is 0 Å². The summed E-state index contributed by atoms with van der Waals surface area (Å²) in [5.74, 6) is 0. The van der Waals surface area contributed by atoms with Gasteiger partial charge in [-0.2, -0.15) is 0 Å². The van der Waals surface area contributed by atoms with Crippen molar-refractivity contribution in [2.45, 2.75) is 25.7 Å². The Labute approximate surface area is 176 Å². The minimum absolute atomic E-state index is 0.0118. The topological polar surface area (TPSA) is 0 Å². The van der Waals surface area contributed by atoms with Gasteiger partial charge >= 0.3 is 0 Å². The van der Waals surface area contributed by atoms with Crippen molar-refractivity contribution in [1.82, 2.24) is 0 Å². The predicted octanol–water partition coefficient (Wildman–Crippen LogP) is 7.87. The first-order valence-corrected chi connectivity index (χ1v) is 10.8. The average molecular weight is 383 g/mol. The lowest BCUT2D eigenvalue weighted by Gasteiger charge is -2.24. The molecule has 0 aromatic heterocycles. The molecular formula is C30H22. The first-order chi connectivity index (χ1) is 14.6. The van der Waals surface area contributed by atoms with Gasteiger partial charge in [-0.3, -0.25) is 0 Å². The highest BCUT2D eigenvalue weighted by Crippen LogP contribution is 2.55. The van der Waals surface area contributed by atoms with Crippen LogP contribution >= 0.6 is 0 Å². The molecular weight excluding hydrogens is 360 g/mol. The second kappa shape index (κ2) is 5.40. The van der Waals surface area contributed by atoms with E-state index in [-0.39, 0.29) is 5.41 Å². The summed E-state index contributed by atoms with van der Waals surface area (Å²) in [6.45, 7) is 4.82. The molecule has 5 aromatic rings. The molecule has 0 bridgehead atoms. The Morgan fingerprint density at radius 2 is 1.20 bits per heavy atom. The van der Waals surface area contributed by atoms with Crippen LogP contribution in [0, 0.1) is 0 Å². The number of rotatable bonds is 0. The predicted molar refractivity (Wildman–Crippen MR) is 127 cm³/mol. The lowest BCUT2D eigenvalue weighted by atomic mass is 9.79. The van der Waals surface area contributed by atoms with Gasteiger partial charge in [-0.1, -0.05) is 86.6 Å². The molecule has 7 rings (SSSR count). The number of fused-ring (bicyclic) bond motifs is 10. The first kappa shape index (κ1) is 16.4. The molecule has 0 saturated carbocycles. The molecule has 0 spiro atoms. The molecule has 0 heteroatoms. The molecule has 0 nitrogen and oxygen atoms in total. The van der Waals surface area contributed by atoms with Crippen molar-refractivity contribution in [1.29, 1.82) is 0 Å². The molecule has 0 heterocycles. The Morgan fingerprint density at radius 1 is 0.567 bits per heavy atom. The Morgan fingerprint density at radius 3 is 2.03 bits per heavy atom. The van der Waals surface area contributed by atoms with Crippen LogP contribution in [-0.2, 0) is 11.8 Å². The summed E-state index contributed by atoms with van der Waals surface area (Å²) >= 11 is 0. The van der Waals surface area contributed by atoms with Crippen molar-refractivity contribution in [3.63, 3.8) is 0 Å². The van der Waals surface area contributed by atoms with Gasteiger partial charge in [0.25, 0.3) is 0 Å². The molecule has 2 aliphatic rings. The van der Waals surface area contributed by atoms with Gasteiger partial charge in [-0.05, 0) is 84.6 Å². The Kier molecular flexibility index (Phi) is 2.96. The van der Waals surface area contributed by atoms with E-state index in [0.717, 1.165) is 6.42 Å². The summed E-state index contributed by atoms with van der Waals surface area (Å²) in [7, 11) is 0. The number of hydrogen-bond acceptors (Lipinski definition) is 0. The molecule has 5 aromatic carbocycles. The smallest absolute Gasteiger partial charge is 0.0162 e. The average Bonchev–Trinajstić information content (AvgIpc) is 3.25. The minimum Gasteiger partial charge on any atom is -0.0616 e. The van der Waals surface area contributed by atoms with E-state index in [1.165, 1.54) is 66.1 Å². The highest BCUT2D eigenvalue weighted by atomic mass is 14.4. The maximum Gasteiger partial charge on any atom is 0.0162 e. The second-order valence-corrected chi connectivity index (χ2v) is 9.37. The van der Waals surface area contributed by atoms with Crippen LogP contribution in [0.5, 0.6) is 0 Å². The van der Waals surface area contributed by atoms with Crippen LogP contribution < -0.4 is 0 Å². The third kappa shape index (κ3) is 1.92. The van der Waals surface area contributed by atoms with E-state index in [0.29, 0.717) is 0 Å². The zero-order chi connectivity index (χ0) is 20.0. The largest absolute Gasteiger partial charge is 0.0616 e. The van der Waals surface area contributed by atoms with E-state index in [1.54, 1.807) is 0 Å². The summed E-state index contributed by atoms with van der Waals surface area (Å²) in [5, 5.41) is 5.41. The molecule has 0 aliphatic heterocycles. The van der Waals surface area contributed by atoms with Crippen LogP contribution in [0.1, 0.15) is 36.1 Å². The second-order valence-electron chi connectivity index (χ2n) is 9.37. The molecule has 2 aliphatic carbocycles. The van der Waals surface area contributed by atoms with Gasteiger partial charge < -0.3 is 0 Å². The molecule has 0 atom stereocenters. The lowest BCUT2D eigenvalue weighted by Crippen LogP contribution is -2.17. The normalized spacial score (nSPS) is 15.1. The monoisotopic (exact) mass is 382 g/mol. The minimum atomic E-state index is 0.0118. The van der Waals surface area contributed by atoms with Crippen molar-refractivity contribution in [2.75, 3.05) is 0 Å². The number of hydrogen-bond donors (Lipinski definition) is 0. The van der Waals surface area contributed by atoms with Crippen molar-refractivity contribution in [3.8, 4) is 22.3 Å². The Balaban J connectivity index is 1.52. The van der Waals surface area contributed by atoms with E-state index in [2.05, 4.69) is 98.8 Å². The molecule has 30 heavy (non-hydrogen) atoms. The third-order valence-corrected chi connectivity index (χ3v) is 7.47. The third-order valence-electron chi connectivity index (χ3n) is 7.47. The number of benzene rings is 5. The highest BCUT2D eigenvalue weighted by Gasteiger charge is 2.40. The van der Waals surface area contributed by atoms with Gasteiger partial charge in [0.15, 0.2) is 0 Å². The fourth-order valence-electron chi connectivity index (χ4n) is 6.09. The van der Waals surface area contributed by atoms with Gasteiger partial charge in [0, 0.05) is 5.41 Å². The van der Waals surface area contributed by atoms with Gasteiger partial charge in [0.1, 0.15) is 0 Å². The maximum absolute atomic E-state index is 2.43. The first-order valence-electron chi connectivity index (χ1n) is 10.8. The van der Waals surface area contributed by atoms with Crippen LogP contribution in [0.2, 0.25) is 0 Å². The van der Waals surface area contributed by atoms with Crippen molar-refractivity contribution < 1.29 is 0 Å². The fourth-order valence-corrected chi connectivity index (χ4v) is 6.09. The molecule has 0 saturated heterocycles. The summed E-state index contributed by atoms with van der Waals surface area (Å²) in [6.07, 6.45) is 1.03. The van der Waals surface area contributed by atoms with Gasteiger partial charge in [-0.25, -0.2) is 0 Å². The molecule has 142 valence electrons. The van der Waals surface area contributed by atoms with Gasteiger partial charge in [-0.15, -0.1) is 0 Å². The molecule has 0 unspecified atom stereocenters. The fraction of sp³-hybridized carbons (Fsp3) is 0.133. The van der Waals surface area contributed by atoms with Crippen LogP contribution in [0.3, 0.4) is 0 Å². The summed E-state index contributed by atoms with van der Waals surface area (Å²) in [6, 6.07) is 31.8. The quantitative estimate of drug-likeness (QED) is 0.251. The Bertz CT molecular complexity index is 1530. The van der Waals surface area contributed by atoms with Crippen LogP contribution in [0.25, 0.3) is 43.8 Å². The summed E-state index contributed by atoms with van der Waals surface area (Å²) in [5.41, 5.74) is 11.7. The zero-order valence-corrected chi connectivity index (χ0v) is 17.3. The van der Waals surface area contributed by atoms with Crippen molar-refractivity contribution in [2.24, 2.45) is 0 Å². The zero-order valence-electron chi connectivity index (χ0n) is 17.3. The van der Waals surface area contributed by atoms with E-state index in [4.69, 9.17) is 0 Å². The van der Waals surface area contributed by atoms with E-state index in [1.807, 2.05) is 0 Å². The maximum atomic E-state index is 2.43. The highest BCUT2D eigenvalue weighted by molar-refractivity contribution is 5.99. The van der Waals surface area contributed by atoms with Crippen LogP contribution in [0.4, 0.5) is 0 Å². The van der Waals surface area contributed by atoms with Crippen molar-refractivity contribution >= 4 is 21.5 Å². The van der Waals surface area contributed by atoms with E-state index >= 15 is 0 Å². The molecule has 0 radical (unpaired) electrons. The Hall–Kier alpha value is -3.38. The van der Waals surface area contributed by atoms with E-state index in [9.17, 15) is 0 Å². The van der Waals surface area contributed by atoms with E-state index < -0.39 is 0 Å². The van der Waals surface area contributed by atoms with Gasteiger partial charge in [0.05, 0.1) is 0 Å². The molecule has 0 N–H and O–H groups in total. The summed E-state index contributed by atoms with van der Waals surface area (Å²) < 4.78 is 0. The summed E-state index contributed by atoms with van der Waals surface area (Å²) in [4.78, 5) is 0.